The van der Waals surface area contributed by atoms with Gasteiger partial charge in [-0.15, -0.1) is 68.0 Å². The molecule has 12 aromatic rings. The molecule has 0 saturated carbocycles. The van der Waals surface area contributed by atoms with E-state index in [1.807, 2.05) is 18.2 Å². The highest BCUT2D eigenvalue weighted by Gasteiger charge is 2.52. The molecule has 6 aliphatic rings. The number of benzene rings is 3. The Bertz CT molecular complexity index is 4800. The van der Waals surface area contributed by atoms with E-state index >= 15 is 0 Å². The van der Waals surface area contributed by atoms with E-state index in [1.165, 1.54) is 65.9 Å². The molecule has 0 aliphatic carbocycles. The first-order chi connectivity index (χ1) is 44.6. The second kappa shape index (κ2) is 24.2. The van der Waals surface area contributed by atoms with Crippen molar-refractivity contribution in [1.29, 1.82) is 0 Å². The summed E-state index contributed by atoms with van der Waals surface area (Å²) in [5.74, 6) is -0.387. The molecular formula is C67H61F3N12O3S6. The number of thiophene rings is 3. The Morgan fingerprint density at radius 3 is 1.55 bits per heavy atom. The van der Waals surface area contributed by atoms with Crippen molar-refractivity contribution in [3.05, 3.63) is 152 Å². The van der Waals surface area contributed by atoms with Gasteiger partial charge in [0.05, 0.1) is 118 Å². The van der Waals surface area contributed by atoms with Gasteiger partial charge in [0.25, 0.3) is 0 Å². The molecule has 4 N–H and O–H groups in total. The summed E-state index contributed by atoms with van der Waals surface area (Å²) in [7, 11) is 0. The van der Waals surface area contributed by atoms with E-state index in [0.717, 1.165) is 170 Å². The molecule has 15 nitrogen and oxygen atoms in total. The molecule has 9 aromatic heterocycles. The minimum atomic E-state index is -0.285. The van der Waals surface area contributed by atoms with Crippen LogP contribution in [0.15, 0.2) is 120 Å². The maximum absolute atomic E-state index is 14.7. The smallest absolute Gasteiger partial charge is 0.148 e. The van der Waals surface area contributed by atoms with Gasteiger partial charge in [-0.25, -0.2) is 43.1 Å². The van der Waals surface area contributed by atoms with Crippen molar-refractivity contribution >= 4 is 175 Å². The average molecular weight is 1330 g/mol. The molecule has 4 fully saturated rings. The molecule has 464 valence electrons. The van der Waals surface area contributed by atoms with E-state index in [-0.39, 0.29) is 34.1 Å². The number of nitrogens with zero attached hydrogens (tertiary/aromatic N) is 8. The Balaban J connectivity index is 0.000000109. The van der Waals surface area contributed by atoms with Crippen molar-refractivity contribution in [2.75, 3.05) is 88.3 Å². The van der Waals surface area contributed by atoms with E-state index in [0.29, 0.717) is 29.6 Å². The van der Waals surface area contributed by atoms with Crippen LogP contribution in [0.1, 0.15) is 60.1 Å². The van der Waals surface area contributed by atoms with E-state index in [2.05, 4.69) is 105 Å². The van der Waals surface area contributed by atoms with Gasteiger partial charge in [-0.1, -0.05) is 26.0 Å². The summed E-state index contributed by atoms with van der Waals surface area (Å²) in [5, 5.41) is 16.5. The molecule has 0 radical (unpaired) electrons. The molecule has 3 spiro atoms. The van der Waals surface area contributed by atoms with Gasteiger partial charge in [-0.3, -0.25) is 9.80 Å². The highest BCUT2D eigenvalue weighted by molar-refractivity contribution is 7.20. The number of anilines is 6. The van der Waals surface area contributed by atoms with Crippen molar-refractivity contribution in [3.63, 3.8) is 0 Å². The molecule has 15 heterocycles. The Hall–Kier alpha value is -6.91. The first kappa shape index (κ1) is 59.1. The van der Waals surface area contributed by atoms with Crippen LogP contribution in [0.3, 0.4) is 0 Å². The zero-order valence-corrected chi connectivity index (χ0v) is 54.5. The summed E-state index contributed by atoms with van der Waals surface area (Å²) < 4.78 is 63.9. The lowest BCUT2D eigenvalue weighted by Crippen LogP contribution is -2.47. The van der Waals surface area contributed by atoms with E-state index < -0.39 is 0 Å². The quantitative estimate of drug-likeness (QED) is 0.0968. The molecule has 4 atom stereocenters. The molecule has 0 amide bonds. The summed E-state index contributed by atoms with van der Waals surface area (Å²) in [4.78, 5) is 38.4. The third kappa shape index (κ3) is 10.6. The number of likely N-dealkylation sites (tertiary alicyclic amines) is 1. The van der Waals surface area contributed by atoms with Gasteiger partial charge in [0.15, 0.2) is 0 Å². The van der Waals surface area contributed by atoms with E-state index in [9.17, 15) is 13.2 Å². The third-order valence-corrected chi connectivity index (χ3v) is 24.6. The van der Waals surface area contributed by atoms with Crippen molar-refractivity contribution in [2.45, 2.75) is 62.1 Å². The van der Waals surface area contributed by atoms with Gasteiger partial charge < -0.3 is 35.5 Å². The van der Waals surface area contributed by atoms with Crippen molar-refractivity contribution in [2.24, 2.45) is 0 Å². The number of pyridine rings is 3. The van der Waals surface area contributed by atoms with Crippen LogP contribution in [0, 0.1) is 17.5 Å². The van der Waals surface area contributed by atoms with Crippen LogP contribution in [0.2, 0.25) is 0 Å². The number of fused-ring (bicyclic) bond motifs is 6. The van der Waals surface area contributed by atoms with Crippen LogP contribution >= 0.6 is 68.0 Å². The Labute approximate surface area is 545 Å². The zero-order chi connectivity index (χ0) is 61.4. The second-order valence-corrected chi connectivity index (χ2v) is 29.4. The number of rotatable bonds is 11. The molecule has 0 bridgehead atoms. The predicted molar refractivity (Wildman–Crippen MR) is 368 cm³/mol. The Kier molecular flexibility index (Phi) is 15.7. The van der Waals surface area contributed by atoms with Gasteiger partial charge in [0.1, 0.15) is 31.9 Å². The zero-order valence-electron chi connectivity index (χ0n) is 49.6. The van der Waals surface area contributed by atoms with Crippen LogP contribution in [0.5, 0.6) is 0 Å². The minimum Gasteiger partial charge on any atom is -0.379 e. The minimum absolute atomic E-state index is 0.0367. The average Bonchev–Trinajstić information content (AvgIpc) is 1.65. The molecule has 3 aromatic carbocycles. The van der Waals surface area contributed by atoms with Gasteiger partial charge in [0, 0.05) is 88.2 Å². The maximum atomic E-state index is 14.7. The van der Waals surface area contributed by atoms with Gasteiger partial charge >= 0.3 is 0 Å². The van der Waals surface area contributed by atoms with Crippen LogP contribution in [0.4, 0.5) is 47.3 Å². The Morgan fingerprint density at radius 2 is 1.04 bits per heavy atom. The monoisotopic (exact) mass is 1330 g/mol. The molecular weight excluding hydrogens is 1270 g/mol. The fourth-order valence-electron chi connectivity index (χ4n) is 14.3. The number of hydrogen-bond acceptors (Lipinski definition) is 21. The van der Waals surface area contributed by atoms with Crippen LogP contribution < -0.4 is 21.3 Å². The normalized spacial score (nSPS) is 22.4. The number of likely N-dealkylation sites (N-methyl/N-ethyl adjacent to an activating group) is 2. The SMILES string of the molecule is CCN1CC=C(c2cc3c(Nc4cc5ncsc5cc4F)ccnc3s2)C12CCOC2.CCN1CCC(c2cc3c(Nc4cc5ncsc5cc4F)ccnc3s2)C12CCOC2.Fc1cc2scnc2cc1Nc1ccnc2sc(C3=CCNC34CCOC4)cc12. The van der Waals surface area contributed by atoms with Gasteiger partial charge in [-0.05, 0) is 129 Å². The summed E-state index contributed by atoms with van der Waals surface area (Å²) in [6, 6.07) is 22.3. The van der Waals surface area contributed by atoms with Crippen molar-refractivity contribution in [3.8, 4) is 0 Å². The number of thiazole rings is 3. The van der Waals surface area contributed by atoms with Crippen LogP contribution in [-0.2, 0) is 14.2 Å². The third-order valence-electron chi connectivity index (χ3n) is 18.9. The maximum Gasteiger partial charge on any atom is 0.148 e. The standard InChI is InChI=1S/C23H23FN4OS2.C23H21FN4OS2.C21H17FN4OS2/c2*1-2-28-7-4-15(23(28)5-8-29-12-23)20-9-14-17(3-6-25-22(14)31-20)27-18-11-19-21(10-16(18)24)30-13-26-19;22-14-8-19-17(24-11-28-19)9-16(14)26-15-2-4-23-20-12(15)7-18(29-20)13-1-5-25-21(13)3-6-27-10-21/h3,6,9-11,13,15H,2,4-5,7-8,12H2,1H3,(H,25,27);3-4,6,9-11,13H,2,5,7-8,12H2,1H3,(H,25,27);1-2,4,7-9,11,25H,3,5-6,10H2,(H,23,26). The predicted octanol–water partition coefficient (Wildman–Crippen LogP) is 16.4. The fraction of sp³-hybridized carbons (Fsp3) is 0.313. The molecule has 6 aliphatic heterocycles. The van der Waals surface area contributed by atoms with E-state index in [4.69, 9.17) is 14.2 Å². The highest BCUT2D eigenvalue weighted by atomic mass is 32.1. The summed E-state index contributed by atoms with van der Waals surface area (Å²) in [5.41, 5.74) is 14.1. The van der Waals surface area contributed by atoms with Crippen molar-refractivity contribution in [1.82, 2.24) is 45.0 Å². The first-order valence-corrected chi connectivity index (χ1v) is 35.6. The van der Waals surface area contributed by atoms with Crippen molar-refractivity contribution < 1.29 is 27.4 Å². The second-order valence-electron chi connectivity index (χ2n) is 23.6. The largest absolute Gasteiger partial charge is 0.379 e. The summed E-state index contributed by atoms with van der Waals surface area (Å²) >= 11 is 9.45. The molecule has 4 unspecified atom stereocenters. The van der Waals surface area contributed by atoms with Gasteiger partial charge in [0.2, 0.25) is 0 Å². The molecule has 4 saturated heterocycles. The van der Waals surface area contributed by atoms with Crippen LogP contribution in [-0.4, -0.2) is 129 Å². The number of ether oxygens (including phenoxy) is 3. The number of halogens is 3. The van der Waals surface area contributed by atoms with Gasteiger partial charge in [-0.2, -0.15) is 0 Å². The molecule has 24 heteroatoms. The fourth-order valence-corrected chi connectivity index (χ4v) is 20.0. The number of hydrogen-bond donors (Lipinski definition) is 4. The lowest BCUT2D eigenvalue weighted by atomic mass is 9.82. The molecule has 18 rings (SSSR count). The number of nitrogens with one attached hydrogen (secondary N) is 4. The summed E-state index contributed by atoms with van der Waals surface area (Å²) in [6.45, 7) is 14.0. The Morgan fingerprint density at radius 1 is 0.538 bits per heavy atom. The topological polar surface area (TPSA) is 160 Å². The lowest BCUT2D eigenvalue weighted by molar-refractivity contribution is 0.0963. The summed E-state index contributed by atoms with van der Waals surface area (Å²) in [6.07, 6.45) is 14.1. The van der Waals surface area contributed by atoms with Crippen LogP contribution in [0.25, 0.3) is 72.4 Å². The molecule has 91 heavy (non-hydrogen) atoms. The highest BCUT2D eigenvalue weighted by Crippen LogP contribution is 2.51. The number of aromatic nitrogens is 6. The lowest BCUT2D eigenvalue weighted by Gasteiger charge is -2.37. The van der Waals surface area contributed by atoms with E-state index in [1.54, 1.807) is 99.5 Å². The first-order valence-electron chi connectivity index (χ1n) is 30.5.